The van der Waals surface area contributed by atoms with E-state index in [1.54, 1.807) is 19.2 Å². The molecule has 0 unspecified atom stereocenters. The summed E-state index contributed by atoms with van der Waals surface area (Å²) in [6.07, 6.45) is 2.60. The number of nitrogens with zero attached hydrogens (tertiary/aromatic N) is 2. The van der Waals surface area contributed by atoms with Crippen molar-refractivity contribution in [1.29, 1.82) is 0 Å². The highest BCUT2D eigenvalue weighted by Gasteiger charge is 2.04. The first kappa shape index (κ1) is 13.4. The number of anilines is 1. The predicted molar refractivity (Wildman–Crippen MR) is 67.2 cm³/mol. The second kappa shape index (κ2) is 7.62. The van der Waals surface area contributed by atoms with Gasteiger partial charge in [0.05, 0.1) is 6.61 Å². The van der Waals surface area contributed by atoms with Gasteiger partial charge in [0.2, 0.25) is 5.88 Å². The normalized spacial score (nSPS) is 10.0. The maximum atomic E-state index is 5.49. The van der Waals surface area contributed by atoms with Crippen molar-refractivity contribution in [1.82, 2.24) is 9.97 Å². The number of ether oxygens (including phenoxy) is 2. The van der Waals surface area contributed by atoms with Crippen LogP contribution in [0, 0.1) is 0 Å². The molecule has 0 bridgehead atoms. The summed E-state index contributed by atoms with van der Waals surface area (Å²) in [4.78, 5) is 8.53. The molecular weight excluding hydrogens is 218 g/mol. The third kappa shape index (κ3) is 4.82. The van der Waals surface area contributed by atoms with E-state index in [-0.39, 0.29) is 0 Å². The maximum absolute atomic E-state index is 5.49. The Balaban J connectivity index is 2.70. The predicted octanol–water partition coefficient (Wildman–Crippen LogP) is 2.01. The van der Waals surface area contributed by atoms with E-state index in [4.69, 9.17) is 9.47 Å². The zero-order valence-corrected chi connectivity index (χ0v) is 10.4. The van der Waals surface area contributed by atoms with Crippen molar-refractivity contribution in [2.75, 3.05) is 25.6 Å². The SMILES string of the molecule is C=CCCOc1cc(NC)nc(COCC)n1. The van der Waals surface area contributed by atoms with Crippen LogP contribution in [0.1, 0.15) is 19.2 Å². The van der Waals surface area contributed by atoms with Crippen LogP contribution in [0.3, 0.4) is 0 Å². The van der Waals surface area contributed by atoms with Gasteiger partial charge in [-0.2, -0.15) is 4.98 Å². The van der Waals surface area contributed by atoms with E-state index in [0.717, 1.165) is 12.2 Å². The average molecular weight is 237 g/mol. The number of rotatable bonds is 8. The molecular formula is C12H19N3O2. The second-order valence-corrected chi connectivity index (χ2v) is 3.32. The Labute approximate surface area is 102 Å². The molecule has 1 rings (SSSR count). The van der Waals surface area contributed by atoms with Gasteiger partial charge in [-0.05, 0) is 13.3 Å². The molecule has 0 radical (unpaired) electrons. The van der Waals surface area contributed by atoms with Crippen LogP contribution in [0.15, 0.2) is 18.7 Å². The lowest BCUT2D eigenvalue weighted by Gasteiger charge is -2.08. The van der Waals surface area contributed by atoms with Gasteiger partial charge in [0.25, 0.3) is 0 Å². The van der Waals surface area contributed by atoms with Gasteiger partial charge in [-0.25, -0.2) is 4.98 Å². The minimum Gasteiger partial charge on any atom is -0.477 e. The molecule has 1 aromatic heterocycles. The standard InChI is InChI=1S/C12H19N3O2/c1-4-6-7-17-12-8-10(13-3)14-11(15-12)9-16-5-2/h4,8H,1,5-7,9H2,2-3H3,(H,13,14,15). The molecule has 0 amide bonds. The van der Waals surface area contributed by atoms with Crippen LogP contribution in [-0.2, 0) is 11.3 Å². The number of hydrogen-bond donors (Lipinski definition) is 1. The molecule has 0 saturated carbocycles. The Kier molecular flexibility index (Phi) is 6.03. The zero-order valence-electron chi connectivity index (χ0n) is 10.4. The summed E-state index contributed by atoms with van der Waals surface area (Å²) in [5.41, 5.74) is 0. The van der Waals surface area contributed by atoms with E-state index in [1.807, 2.05) is 6.92 Å². The van der Waals surface area contributed by atoms with Gasteiger partial charge < -0.3 is 14.8 Å². The lowest BCUT2D eigenvalue weighted by molar-refractivity contribution is 0.127. The number of nitrogens with one attached hydrogen (secondary N) is 1. The van der Waals surface area contributed by atoms with Crippen LogP contribution in [0.4, 0.5) is 5.82 Å². The first-order chi connectivity index (χ1) is 8.30. The Hall–Kier alpha value is -1.62. The Morgan fingerprint density at radius 1 is 1.47 bits per heavy atom. The van der Waals surface area contributed by atoms with Crippen molar-refractivity contribution in [2.45, 2.75) is 20.0 Å². The topological polar surface area (TPSA) is 56.3 Å². The highest BCUT2D eigenvalue weighted by Crippen LogP contribution is 2.14. The fourth-order valence-corrected chi connectivity index (χ4v) is 1.18. The van der Waals surface area contributed by atoms with Gasteiger partial charge >= 0.3 is 0 Å². The van der Waals surface area contributed by atoms with Crippen LogP contribution in [-0.4, -0.2) is 30.2 Å². The molecule has 0 aliphatic heterocycles. The molecule has 0 saturated heterocycles. The van der Waals surface area contributed by atoms with E-state index >= 15 is 0 Å². The van der Waals surface area contributed by atoms with Gasteiger partial charge in [0.15, 0.2) is 5.82 Å². The highest BCUT2D eigenvalue weighted by atomic mass is 16.5. The van der Waals surface area contributed by atoms with Gasteiger partial charge in [0.1, 0.15) is 12.4 Å². The van der Waals surface area contributed by atoms with Crippen LogP contribution < -0.4 is 10.1 Å². The third-order valence-corrected chi connectivity index (χ3v) is 2.01. The van der Waals surface area contributed by atoms with Gasteiger partial charge in [-0.1, -0.05) is 6.08 Å². The summed E-state index contributed by atoms with van der Waals surface area (Å²) < 4.78 is 10.8. The quantitative estimate of drug-likeness (QED) is 0.553. The fraction of sp³-hybridized carbons (Fsp3) is 0.500. The van der Waals surface area contributed by atoms with Crippen molar-refractivity contribution in [3.05, 3.63) is 24.5 Å². The maximum Gasteiger partial charge on any atom is 0.218 e. The molecule has 94 valence electrons. The highest BCUT2D eigenvalue weighted by molar-refractivity contribution is 5.37. The largest absolute Gasteiger partial charge is 0.477 e. The lowest BCUT2D eigenvalue weighted by Crippen LogP contribution is -2.06. The Morgan fingerprint density at radius 3 is 2.94 bits per heavy atom. The van der Waals surface area contributed by atoms with E-state index in [1.165, 1.54) is 0 Å². The molecule has 1 N–H and O–H groups in total. The van der Waals surface area contributed by atoms with Crippen molar-refractivity contribution in [3.63, 3.8) is 0 Å². The molecule has 1 heterocycles. The first-order valence-corrected chi connectivity index (χ1v) is 5.67. The third-order valence-electron chi connectivity index (χ3n) is 2.01. The molecule has 1 aromatic rings. The van der Waals surface area contributed by atoms with E-state index in [9.17, 15) is 0 Å². The van der Waals surface area contributed by atoms with E-state index in [0.29, 0.717) is 31.5 Å². The monoisotopic (exact) mass is 237 g/mol. The molecule has 5 heteroatoms. The smallest absolute Gasteiger partial charge is 0.218 e. The van der Waals surface area contributed by atoms with Crippen LogP contribution in [0.25, 0.3) is 0 Å². The summed E-state index contributed by atoms with van der Waals surface area (Å²) in [6.45, 7) is 7.17. The molecule has 0 spiro atoms. The number of hydrogen-bond acceptors (Lipinski definition) is 5. The molecule has 0 aliphatic carbocycles. The summed E-state index contributed by atoms with van der Waals surface area (Å²) in [5.74, 6) is 1.90. The second-order valence-electron chi connectivity index (χ2n) is 3.32. The summed E-state index contributed by atoms with van der Waals surface area (Å²) >= 11 is 0. The Bertz CT molecular complexity index is 356. The molecule has 17 heavy (non-hydrogen) atoms. The molecule has 0 aromatic carbocycles. The first-order valence-electron chi connectivity index (χ1n) is 5.67. The van der Waals surface area contributed by atoms with Crippen LogP contribution in [0.5, 0.6) is 5.88 Å². The van der Waals surface area contributed by atoms with Gasteiger partial charge in [0, 0.05) is 19.7 Å². The molecule has 0 atom stereocenters. The molecule has 5 nitrogen and oxygen atoms in total. The molecule has 0 fully saturated rings. The van der Waals surface area contributed by atoms with Crippen molar-refractivity contribution >= 4 is 5.82 Å². The molecule has 0 aliphatic rings. The number of aromatic nitrogens is 2. The Morgan fingerprint density at radius 2 is 2.29 bits per heavy atom. The summed E-state index contributed by atoms with van der Waals surface area (Å²) in [6, 6.07) is 1.76. The zero-order chi connectivity index (χ0) is 12.5. The van der Waals surface area contributed by atoms with Crippen molar-refractivity contribution in [2.24, 2.45) is 0 Å². The lowest BCUT2D eigenvalue weighted by atomic mass is 10.4. The van der Waals surface area contributed by atoms with Crippen molar-refractivity contribution in [3.8, 4) is 5.88 Å². The summed E-state index contributed by atoms with van der Waals surface area (Å²) in [7, 11) is 1.81. The van der Waals surface area contributed by atoms with E-state index < -0.39 is 0 Å². The van der Waals surface area contributed by atoms with Crippen LogP contribution >= 0.6 is 0 Å². The fourth-order valence-electron chi connectivity index (χ4n) is 1.18. The summed E-state index contributed by atoms with van der Waals surface area (Å²) in [5, 5.41) is 2.97. The van der Waals surface area contributed by atoms with E-state index in [2.05, 4.69) is 21.9 Å². The average Bonchev–Trinajstić information content (AvgIpc) is 2.36. The van der Waals surface area contributed by atoms with Gasteiger partial charge in [-0.15, -0.1) is 6.58 Å². The van der Waals surface area contributed by atoms with Crippen LogP contribution in [0.2, 0.25) is 0 Å². The minimum atomic E-state index is 0.393. The van der Waals surface area contributed by atoms with Crippen molar-refractivity contribution < 1.29 is 9.47 Å². The van der Waals surface area contributed by atoms with Gasteiger partial charge in [-0.3, -0.25) is 0 Å². The minimum absolute atomic E-state index is 0.393.